The summed E-state index contributed by atoms with van der Waals surface area (Å²) in [6, 6.07) is 7.91. The molecule has 0 saturated carbocycles. The first-order chi connectivity index (χ1) is 6.67. The molecule has 0 bridgehead atoms. The second-order valence-corrected chi connectivity index (χ2v) is 3.46. The predicted molar refractivity (Wildman–Crippen MR) is 56.3 cm³/mol. The highest BCUT2D eigenvalue weighted by atomic mass is 16.5. The number of aryl methyl sites for hydroxylation is 1. The Morgan fingerprint density at radius 2 is 2.14 bits per heavy atom. The molecular weight excluding hydrogens is 174 g/mol. The van der Waals surface area contributed by atoms with Crippen LogP contribution in [0.15, 0.2) is 18.2 Å². The molecule has 0 atom stereocenters. The van der Waals surface area contributed by atoms with Crippen LogP contribution in [0.25, 0.3) is 0 Å². The van der Waals surface area contributed by atoms with E-state index in [0.717, 1.165) is 12.0 Å². The van der Waals surface area contributed by atoms with Crippen molar-refractivity contribution in [2.75, 3.05) is 0 Å². The van der Waals surface area contributed by atoms with Crippen molar-refractivity contribution in [3.8, 4) is 11.8 Å². The summed E-state index contributed by atoms with van der Waals surface area (Å²) in [7, 11) is 0. The molecule has 0 unspecified atom stereocenters. The van der Waals surface area contributed by atoms with Gasteiger partial charge in [-0.25, -0.2) is 0 Å². The van der Waals surface area contributed by atoms with Crippen LogP contribution in [0, 0.1) is 11.3 Å². The highest BCUT2D eigenvalue weighted by Crippen LogP contribution is 2.20. The van der Waals surface area contributed by atoms with E-state index in [2.05, 4.69) is 13.0 Å². The Morgan fingerprint density at radius 1 is 1.43 bits per heavy atom. The van der Waals surface area contributed by atoms with Gasteiger partial charge >= 0.3 is 0 Å². The fraction of sp³-hybridized carbons (Fsp3) is 0.417. The van der Waals surface area contributed by atoms with Crippen LogP contribution < -0.4 is 4.74 Å². The number of hydrogen-bond donors (Lipinski definition) is 0. The van der Waals surface area contributed by atoms with Crippen LogP contribution in [0.3, 0.4) is 0 Å². The summed E-state index contributed by atoms with van der Waals surface area (Å²) in [6.45, 7) is 5.98. The summed E-state index contributed by atoms with van der Waals surface area (Å²) in [4.78, 5) is 0. The van der Waals surface area contributed by atoms with Crippen molar-refractivity contribution in [1.29, 1.82) is 5.26 Å². The van der Waals surface area contributed by atoms with E-state index < -0.39 is 0 Å². The van der Waals surface area contributed by atoms with Crippen molar-refractivity contribution < 1.29 is 4.74 Å². The minimum Gasteiger partial charge on any atom is -0.490 e. The lowest BCUT2D eigenvalue weighted by Crippen LogP contribution is -2.06. The monoisotopic (exact) mass is 189 g/mol. The Kier molecular flexibility index (Phi) is 3.53. The molecule has 2 heteroatoms. The molecule has 0 aliphatic heterocycles. The maximum atomic E-state index is 8.92. The molecule has 0 amide bonds. The second-order valence-electron chi connectivity index (χ2n) is 3.46. The van der Waals surface area contributed by atoms with E-state index >= 15 is 0 Å². The summed E-state index contributed by atoms with van der Waals surface area (Å²) >= 11 is 0. The number of rotatable bonds is 3. The van der Waals surface area contributed by atoms with Gasteiger partial charge in [0.15, 0.2) is 0 Å². The van der Waals surface area contributed by atoms with Gasteiger partial charge in [-0.1, -0.05) is 13.0 Å². The van der Waals surface area contributed by atoms with Gasteiger partial charge in [0, 0.05) is 0 Å². The molecule has 2 nitrogen and oxygen atoms in total. The Hall–Kier alpha value is -1.49. The number of benzene rings is 1. The van der Waals surface area contributed by atoms with Gasteiger partial charge in [-0.3, -0.25) is 0 Å². The highest BCUT2D eigenvalue weighted by molar-refractivity contribution is 5.45. The van der Waals surface area contributed by atoms with Gasteiger partial charge in [0.1, 0.15) is 11.8 Å². The molecule has 1 aromatic rings. The van der Waals surface area contributed by atoms with Gasteiger partial charge in [-0.2, -0.15) is 5.26 Å². The van der Waals surface area contributed by atoms with E-state index in [9.17, 15) is 0 Å². The molecular formula is C12H15NO. The zero-order valence-corrected chi connectivity index (χ0v) is 8.87. The van der Waals surface area contributed by atoms with E-state index in [1.165, 1.54) is 0 Å². The van der Waals surface area contributed by atoms with Crippen molar-refractivity contribution in [1.82, 2.24) is 0 Å². The summed E-state index contributed by atoms with van der Waals surface area (Å²) in [6.07, 6.45) is 1.05. The third-order valence-corrected chi connectivity index (χ3v) is 1.94. The molecule has 0 aromatic heterocycles. The predicted octanol–water partition coefficient (Wildman–Crippen LogP) is 2.91. The molecule has 0 fully saturated rings. The number of hydrogen-bond acceptors (Lipinski definition) is 2. The quantitative estimate of drug-likeness (QED) is 0.732. The lowest BCUT2D eigenvalue weighted by atomic mass is 10.1. The van der Waals surface area contributed by atoms with Crippen molar-refractivity contribution in [2.45, 2.75) is 33.3 Å². The van der Waals surface area contributed by atoms with Crippen LogP contribution in [0.1, 0.15) is 31.9 Å². The van der Waals surface area contributed by atoms with E-state index in [-0.39, 0.29) is 6.10 Å². The van der Waals surface area contributed by atoms with Crippen LogP contribution in [0.5, 0.6) is 5.75 Å². The van der Waals surface area contributed by atoms with Gasteiger partial charge in [-0.15, -0.1) is 0 Å². The summed E-state index contributed by atoms with van der Waals surface area (Å²) < 4.78 is 5.51. The van der Waals surface area contributed by atoms with Crippen molar-refractivity contribution in [2.24, 2.45) is 0 Å². The topological polar surface area (TPSA) is 33.0 Å². The molecule has 0 aliphatic carbocycles. The summed E-state index contributed by atoms with van der Waals surface area (Å²) in [5, 5.41) is 8.92. The lowest BCUT2D eigenvalue weighted by Gasteiger charge is -2.11. The van der Waals surface area contributed by atoms with Gasteiger partial charge < -0.3 is 4.74 Å². The fourth-order valence-electron chi connectivity index (χ4n) is 1.24. The smallest absolute Gasteiger partial charge is 0.137 e. The maximum absolute atomic E-state index is 8.92. The Morgan fingerprint density at radius 3 is 2.64 bits per heavy atom. The third kappa shape index (κ3) is 2.50. The van der Waals surface area contributed by atoms with Gasteiger partial charge in [0.2, 0.25) is 0 Å². The SMILES string of the molecule is CCc1ccc(OC(C)C)c(C#N)c1. The minimum atomic E-state index is 0.106. The van der Waals surface area contributed by atoms with E-state index in [0.29, 0.717) is 11.3 Å². The lowest BCUT2D eigenvalue weighted by molar-refractivity contribution is 0.241. The average Bonchev–Trinajstić information content (AvgIpc) is 2.17. The molecule has 14 heavy (non-hydrogen) atoms. The summed E-state index contributed by atoms with van der Waals surface area (Å²) in [5.74, 6) is 0.680. The summed E-state index contributed by atoms with van der Waals surface area (Å²) in [5.41, 5.74) is 1.79. The largest absolute Gasteiger partial charge is 0.490 e. The molecule has 0 aliphatic rings. The number of ether oxygens (including phenoxy) is 1. The first kappa shape index (κ1) is 10.6. The van der Waals surface area contributed by atoms with Gasteiger partial charge in [0.05, 0.1) is 11.7 Å². The number of nitrogens with zero attached hydrogens (tertiary/aromatic N) is 1. The van der Waals surface area contributed by atoms with Crippen LogP contribution in [-0.2, 0) is 6.42 Å². The molecule has 1 rings (SSSR count). The third-order valence-electron chi connectivity index (χ3n) is 1.94. The maximum Gasteiger partial charge on any atom is 0.137 e. The zero-order valence-electron chi connectivity index (χ0n) is 8.87. The standard InChI is InChI=1S/C12H15NO/c1-4-10-5-6-12(14-9(2)3)11(7-10)8-13/h5-7,9H,4H2,1-3H3. The minimum absolute atomic E-state index is 0.106. The van der Waals surface area contributed by atoms with Crippen LogP contribution in [0.2, 0.25) is 0 Å². The average molecular weight is 189 g/mol. The molecule has 1 aromatic carbocycles. The molecule has 0 N–H and O–H groups in total. The normalized spacial score (nSPS) is 9.93. The van der Waals surface area contributed by atoms with E-state index in [4.69, 9.17) is 10.00 Å². The van der Waals surface area contributed by atoms with E-state index in [1.54, 1.807) is 0 Å². The fourth-order valence-corrected chi connectivity index (χ4v) is 1.24. The van der Waals surface area contributed by atoms with Crippen molar-refractivity contribution >= 4 is 0 Å². The van der Waals surface area contributed by atoms with Gasteiger partial charge in [-0.05, 0) is 38.0 Å². The molecule has 0 radical (unpaired) electrons. The molecule has 74 valence electrons. The van der Waals surface area contributed by atoms with Crippen LogP contribution in [0.4, 0.5) is 0 Å². The van der Waals surface area contributed by atoms with Crippen LogP contribution >= 0.6 is 0 Å². The van der Waals surface area contributed by atoms with Crippen molar-refractivity contribution in [3.63, 3.8) is 0 Å². The van der Waals surface area contributed by atoms with Gasteiger partial charge in [0.25, 0.3) is 0 Å². The molecule has 0 spiro atoms. The van der Waals surface area contributed by atoms with Crippen LogP contribution in [-0.4, -0.2) is 6.10 Å². The number of nitriles is 1. The molecule has 0 heterocycles. The Labute approximate surface area is 85.1 Å². The second kappa shape index (κ2) is 4.66. The molecule has 0 saturated heterocycles. The Bertz CT molecular complexity index is 350. The Balaban J connectivity index is 3.01. The first-order valence-electron chi connectivity index (χ1n) is 4.87. The zero-order chi connectivity index (χ0) is 10.6. The first-order valence-corrected chi connectivity index (χ1v) is 4.87. The van der Waals surface area contributed by atoms with E-state index in [1.807, 2.05) is 32.0 Å². The highest BCUT2D eigenvalue weighted by Gasteiger charge is 2.05. The van der Waals surface area contributed by atoms with Crippen molar-refractivity contribution in [3.05, 3.63) is 29.3 Å².